The second-order valence-electron chi connectivity index (χ2n) is 4.62. The van der Waals surface area contributed by atoms with Crippen molar-refractivity contribution >= 4 is 15.9 Å². The highest BCUT2D eigenvalue weighted by atomic mass is 79.9. The zero-order valence-electron chi connectivity index (χ0n) is 9.44. The largest absolute Gasteiger partial charge is 0.330 e. The number of rotatable bonds is 3. The minimum atomic E-state index is 0.246. The molecule has 17 heavy (non-hydrogen) atoms. The van der Waals surface area contributed by atoms with Crippen molar-refractivity contribution in [3.05, 3.63) is 47.0 Å². The Morgan fingerprint density at radius 3 is 2.76 bits per heavy atom. The van der Waals surface area contributed by atoms with Gasteiger partial charge in [-0.1, -0.05) is 6.07 Å². The summed E-state index contributed by atoms with van der Waals surface area (Å²) in [5.74, 6) is 0. The van der Waals surface area contributed by atoms with Crippen molar-refractivity contribution in [3.63, 3.8) is 0 Å². The molecule has 0 saturated heterocycles. The van der Waals surface area contributed by atoms with Crippen molar-refractivity contribution in [1.82, 2.24) is 9.55 Å². The van der Waals surface area contributed by atoms with E-state index in [1.54, 1.807) is 12.5 Å². The van der Waals surface area contributed by atoms with E-state index < -0.39 is 0 Å². The third kappa shape index (κ3) is 1.81. The van der Waals surface area contributed by atoms with E-state index in [9.17, 15) is 0 Å². The average molecular weight is 292 g/mol. The normalized spacial score (nSPS) is 17.1. The molecule has 2 aromatic rings. The molecule has 0 bridgehead atoms. The molecule has 4 heteroatoms. The molecule has 0 atom stereocenters. The molecule has 1 fully saturated rings. The number of nitrogens with two attached hydrogens (primary N) is 1. The Morgan fingerprint density at radius 1 is 1.41 bits per heavy atom. The molecule has 1 aromatic carbocycles. The van der Waals surface area contributed by atoms with Crippen molar-refractivity contribution in [2.75, 3.05) is 6.54 Å². The number of imidazole rings is 1. The highest BCUT2D eigenvalue weighted by molar-refractivity contribution is 9.10. The average Bonchev–Trinajstić information content (AvgIpc) is 2.97. The molecule has 0 spiro atoms. The first-order valence-corrected chi connectivity index (χ1v) is 6.53. The molecular weight excluding hydrogens is 278 g/mol. The van der Waals surface area contributed by atoms with Gasteiger partial charge in [0.15, 0.2) is 0 Å². The predicted molar refractivity (Wildman–Crippen MR) is 71.2 cm³/mol. The Bertz CT molecular complexity index is 530. The van der Waals surface area contributed by atoms with Crippen molar-refractivity contribution in [2.45, 2.75) is 18.3 Å². The Morgan fingerprint density at radius 2 is 2.24 bits per heavy atom. The second kappa shape index (κ2) is 3.96. The van der Waals surface area contributed by atoms with Crippen LogP contribution in [0.5, 0.6) is 0 Å². The van der Waals surface area contributed by atoms with E-state index in [4.69, 9.17) is 5.73 Å². The molecule has 2 N–H and O–H groups in total. The van der Waals surface area contributed by atoms with Crippen LogP contribution in [0.3, 0.4) is 0 Å². The maximum absolute atomic E-state index is 5.85. The van der Waals surface area contributed by atoms with Gasteiger partial charge in [-0.2, -0.15) is 0 Å². The zero-order chi connectivity index (χ0) is 11.9. The minimum Gasteiger partial charge on any atom is -0.330 e. The highest BCUT2D eigenvalue weighted by Gasteiger charge is 2.42. The summed E-state index contributed by atoms with van der Waals surface area (Å²) in [5, 5.41) is 0. The molecule has 1 aliphatic carbocycles. The second-order valence-corrected chi connectivity index (χ2v) is 5.47. The third-order valence-corrected chi connectivity index (χ3v) is 4.22. The fraction of sp³-hybridized carbons (Fsp3) is 0.308. The van der Waals surface area contributed by atoms with Crippen molar-refractivity contribution in [1.29, 1.82) is 0 Å². The van der Waals surface area contributed by atoms with E-state index in [0.29, 0.717) is 0 Å². The summed E-state index contributed by atoms with van der Waals surface area (Å²) in [5.41, 5.74) is 8.55. The van der Waals surface area contributed by atoms with Gasteiger partial charge < -0.3 is 10.3 Å². The molecule has 0 radical (unpaired) electrons. The SMILES string of the molecule is NCC1(c2ccc(-n3ccnc3)c(Br)c2)CC1. The Labute approximate surface area is 109 Å². The highest BCUT2D eigenvalue weighted by Crippen LogP contribution is 2.48. The van der Waals surface area contributed by atoms with Gasteiger partial charge in [0.1, 0.15) is 0 Å². The molecular formula is C13H14BrN3. The maximum Gasteiger partial charge on any atom is 0.0992 e. The van der Waals surface area contributed by atoms with Crippen molar-refractivity contribution in [2.24, 2.45) is 5.73 Å². The number of halogens is 1. The van der Waals surface area contributed by atoms with Crippen LogP contribution >= 0.6 is 15.9 Å². The van der Waals surface area contributed by atoms with Crippen molar-refractivity contribution in [3.8, 4) is 5.69 Å². The third-order valence-electron chi connectivity index (χ3n) is 3.59. The van der Waals surface area contributed by atoms with Crippen LogP contribution in [-0.4, -0.2) is 16.1 Å². The Balaban J connectivity index is 2.00. The van der Waals surface area contributed by atoms with Crippen LogP contribution in [0, 0.1) is 0 Å². The Kier molecular flexibility index (Phi) is 2.56. The fourth-order valence-electron chi connectivity index (χ4n) is 2.21. The van der Waals surface area contributed by atoms with Gasteiger partial charge >= 0.3 is 0 Å². The summed E-state index contributed by atoms with van der Waals surface area (Å²) in [6.07, 6.45) is 7.94. The van der Waals surface area contributed by atoms with Gasteiger partial charge in [0.05, 0.1) is 12.0 Å². The number of benzene rings is 1. The van der Waals surface area contributed by atoms with Gasteiger partial charge in [0.25, 0.3) is 0 Å². The lowest BCUT2D eigenvalue weighted by atomic mass is 9.96. The minimum absolute atomic E-state index is 0.246. The van der Waals surface area contributed by atoms with E-state index in [2.05, 4.69) is 39.1 Å². The van der Waals surface area contributed by atoms with Gasteiger partial charge in [-0.15, -0.1) is 0 Å². The van der Waals surface area contributed by atoms with Crippen LogP contribution in [0.25, 0.3) is 5.69 Å². The van der Waals surface area contributed by atoms with E-state index >= 15 is 0 Å². The molecule has 0 aliphatic heterocycles. The first-order chi connectivity index (χ1) is 8.25. The van der Waals surface area contributed by atoms with Crippen LogP contribution in [0.1, 0.15) is 18.4 Å². The standard InChI is InChI=1S/C13H14BrN3/c14-11-7-10(13(8-15)3-4-13)1-2-12(11)17-6-5-16-9-17/h1-2,5-7,9H,3-4,8,15H2. The molecule has 3 nitrogen and oxygen atoms in total. The van der Waals surface area contributed by atoms with Gasteiger partial charge in [-0.05, 0) is 46.5 Å². The molecule has 1 saturated carbocycles. The van der Waals surface area contributed by atoms with E-state index in [-0.39, 0.29) is 5.41 Å². The summed E-state index contributed by atoms with van der Waals surface area (Å²) in [7, 11) is 0. The smallest absolute Gasteiger partial charge is 0.0992 e. The first-order valence-electron chi connectivity index (χ1n) is 5.74. The molecule has 1 aromatic heterocycles. The number of aromatic nitrogens is 2. The molecule has 0 unspecified atom stereocenters. The quantitative estimate of drug-likeness (QED) is 0.945. The summed E-state index contributed by atoms with van der Waals surface area (Å²) < 4.78 is 3.09. The monoisotopic (exact) mass is 291 g/mol. The number of nitrogens with zero attached hydrogens (tertiary/aromatic N) is 2. The lowest BCUT2D eigenvalue weighted by Gasteiger charge is -2.15. The van der Waals surface area contributed by atoms with Crippen LogP contribution in [0.2, 0.25) is 0 Å². The van der Waals surface area contributed by atoms with Gasteiger partial charge in [-0.25, -0.2) is 4.98 Å². The zero-order valence-corrected chi connectivity index (χ0v) is 11.0. The van der Waals surface area contributed by atoms with Crippen LogP contribution < -0.4 is 5.73 Å². The Hall–Kier alpha value is -1.13. The molecule has 88 valence electrons. The first kappa shape index (κ1) is 11.0. The van der Waals surface area contributed by atoms with Crippen LogP contribution in [-0.2, 0) is 5.41 Å². The van der Waals surface area contributed by atoms with Gasteiger partial charge in [-0.3, -0.25) is 0 Å². The molecule has 0 amide bonds. The van der Waals surface area contributed by atoms with E-state index in [1.807, 2.05) is 10.8 Å². The predicted octanol–water partition coefficient (Wildman–Crippen LogP) is 2.63. The molecule has 3 rings (SSSR count). The summed E-state index contributed by atoms with van der Waals surface area (Å²) in [6.45, 7) is 0.740. The molecule has 1 heterocycles. The van der Waals surface area contributed by atoms with E-state index in [0.717, 1.165) is 16.7 Å². The summed E-state index contributed by atoms with van der Waals surface area (Å²) >= 11 is 3.63. The lowest BCUT2D eigenvalue weighted by molar-refractivity contribution is 0.704. The number of hydrogen-bond donors (Lipinski definition) is 1. The maximum atomic E-state index is 5.85. The van der Waals surface area contributed by atoms with Crippen LogP contribution in [0.4, 0.5) is 0 Å². The van der Waals surface area contributed by atoms with Gasteiger partial charge in [0.2, 0.25) is 0 Å². The molecule has 1 aliphatic rings. The summed E-state index contributed by atoms with van der Waals surface area (Å²) in [4.78, 5) is 4.06. The topological polar surface area (TPSA) is 43.8 Å². The number of hydrogen-bond acceptors (Lipinski definition) is 2. The lowest BCUT2D eigenvalue weighted by Crippen LogP contribution is -2.19. The van der Waals surface area contributed by atoms with Gasteiger partial charge in [0, 0.05) is 28.8 Å². The van der Waals surface area contributed by atoms with Crippen molar-refractivity contribution < 1.29 is 0 Å². The van der Waals surface area contributed by atoms with Crippen LogP contribution in [0.15, 0.2) is 41.4 Å². The fourth-order valence-corrected chi connectivity index (χ4v) is 2.79. The summed E-state index contributed by atoms with van der Waals surface area (Å²) in [6, 6.07) is 6.49. The van der Waals surface area contributed by atoms with E-state index in [1.165, 1.54) is 18.4 Å².